The number of benzene rings is 1. The van der Waals surface area contributed by atoms with Gasteiger partial charge < -0.3 is 14.9 Å². The van der Waals surface area contributed by atoms with E-state index < -0.39 is 41.3 Å². The summed E-state index contributed by atoms with van der Waals surface area (Å²) in [7, 11) is 0. The maximum Gasteiger partial charge on any atom is 0.573 e. The molecule has 0 amide bonds. The van der Waals surface area contributed by atoms with E-state index in [4.69, 9.17) is 5.11 Å². The van der Waals surface area contributed by atoms with Crippen LogP contribution in [0.1, 0.15) is 20.9 Å². The van der Waals surface area contributed by atoms with Gasteiger partial charge in [-0.15, -0.1) is 13.2 Å². The van der Waals surface area contributed by atoms with Crippen molar-refractivity contribution in [2.45, 2.75) is 19.7 Å². The van der Waals surface area contributed by atoms with Crippen molar-refractivity contribution in [1.29, 1.82) is 0 Å². The fraction of sp³-hybridized carbons (Fsp3) is 0.176. The molecule has 0 bridgehead atoms. The Morgan fingerprint density at radius 1 is 1.25 bits per heavy atom. The number of carbonyl (C=O) groups is 2. The number of ether oxygens (including phenoxy) is 1. The van der Waals surface area contributed by atoms with Gasteiger partial charge in [-0.05, 0) is 30.7 Å². The quantitative estimate of drug-likeness (QED) is 0.625. The molecule has 0 unspecified atom stereocenters. The van der Waals surface area contributed by atoms with Crippen molar-refractivity contribution >= 4 is 34.1 Å². The fourth-order valence-electron chi connectivity index (χ4n) is 2.84. The second-order valence-corrected chi connectivity index (χ2v) is 6.81. The maximum absolute atomic E-state index is 13.9. The molecule has 2 N–H and O–H groups in total. The zero-order valence-electron chi connectivity index (χ0n) is 14.0. The lowest BCUT2D eigenvalue weighted by molar-refractivity contribution is -0.273. The van der Waals surface area contributed by atoms with Gasteiger partial charge in [0, 0.05) is 17.1 Å². The Morgan fingerprint density at radius 3 is 2.54 bits per heavy atom. The number of aromatic nitrogens is 1. The normalized spacial score (nSPS) is 11.8. The van der Waals surface area contributed by atoms with Crippen LogP contribution in [-0.2, 0) is 11.2 Å². The van der Waals surface area contributed by atoms with Gasteiger partial charge in [0.05, 0.1) is 16.8 Å². The lowest BCUT2D eigenvalue weighted by atomic mass is 10.1. The van der Waals surface area contributed by atoms with Crippen molar-refractivity contribution < 1.29 is 42.1 Å². The molecule has 28 heavy (non-hydrogen) atoms. The highest BCUT2D eigenvalue weighted by Crippen LogP contribution is 2.35. The number of aromatic hydroxyl groups is 1. The van der Waals surface area contributed by atoms with Crippen LogP contribution >= 0.6 is 11.3 Å². The summed E-state index contributed by atoms with van der Waals surface area (Å²) in [4.78, 5) is 23.9. The molecule has 0 aliphatic heterocycles. The molecule has 6 nitrogen and oxygen atoms in total. The third-order valence-corrected chi connectivity index (χ3v) is 4.89. The molecule has 3 rings (SSSR count). The first-order chi connectivity index (χ1) is 13.0. The van der Waals surface area contributed by atoms with Gasteiger partial charge in [-0.2, -0.15) is 0 Å². The first-order valence-electron chi connectivity index (χ1n) is 7.62. The summed E-state index contributed by atoms with van der Waals surface area (Å²) in [6, 6.07) is 3.96. The smallest absolute Gasteiger partial charge is 0.505 e. The molecule has 2 aromatic heterocycles. The number of nitrogens with zero attached hydrogens (tertiary/aromatic N) is 1. The summed E-state index contributed by atoms with van der Waals surface area (Å²) in [6.07, 6.45) is -5.42. The third-order valence-electron chi connectivity index (χ3n) is 3.94. The number of carboxylic acid groups (broad SMARTS) is 1. The molecule has 148 valence electrons. The van der Waals surface area contributed by atoms with Crippen molar-refractivity contribution in [2.24, 2.45) is 0 Å². The van der Waals surface area contributed by atoms with Gasteiger partial charge in [0.15, 0.2) is 16.6 Å². The van der Waals surface area contributed by atoms with Crippen LogP contribution in [0.5, 0.6) is 10.8 Å². The van der Waals surface area contributed by atoms with Gasteiger partial charge in [-0.1, -0.05) is 11.3 Å². The van der Waals surface area contributed by atoms with Crippen LogP contribution in [0.15, 0.2) is 24.3 Å². The van der Waals surface area contributed by atoms with Crippen molar-refractivity contribution in [3.8, 4) is 10.8 Å². The summed E-state index contributed by atoms with van der Waals surface area (Å²) < 4.78 is 55.6. The van der Waals surface area contributed by atoms with E-state index in [2.05, 4.69) is 4.74 Å². The van der Waals surface area contributed by atoms with Crippen LogP contribution in [-0.4, -0.2) is 33.0 Å². The van der Waals surface area contributed by atoms with E-state index in [1.165, 1.54) is 6.92 Å². The van der Waals surface area contributed by atoms with E-state index in [0.717, 1.165) is 28.8 Å². The molecule has 3 aromatic rings. The summed E-state index contributed by atoms with van der Waals surface area (Å²) >= 11 is 0.438. The van der Waals surface area contributed by atoms with Crippen molar-refractivity contribution in [3.05, 3.63) is 46.2 Å². The lowest BCUT2D eigenvalue weighted by Crippen LogP contribution is -2.16. The molecule has 0 radical (unpaired) electrons. The Morgan fingerprint density at radius 2 is 1.93 bits per heavy atom. The number of phenolic OH excluding ortho intramolecular Hbond substituents is 1. The molecule has 2 heterocycles. The van der Waals surface area contributed by atoms with E-state index in [0.29, 0.717) is 11.3 Å². The van der Waals surface area contributed by atoms with E-state index in [1.807, 2.05) is 0 Å². The molecule has 11 heteroatoms. The van der Waals surface area contributed by atoms with Crippen LogP contribution in [0.2, 0.25) is 0 Å². The molecule has 0 saturated carbocycles. The van der Waals surface area contributed by atoms with Crippen LogP contribution in [0.4, 0.5) is 17.6 Å². The van der Waals surface area contributed by atoms with Gasteiger partial charge >= 0.3 is 12.3 Å². The van der Waals surface area contributed by atoms with Gasteiger partial charge in [-0.3, -0.25) is 14.2 Å². The number of hydrogen-bond acceptors (Lipinski definition) is 5. The Balaban J connectivity index is 2.14. The average Bonchev–Trinajstić information content (AvgIpc) is 3.10. The van der Waals surface area contributed by atoms with Crippen molar-refractivity contribution in [1.82, 2.24) is 4.57 Å². The maximum atomic E-state index is 13.9. The number of fused-ring (bicyclic) bond motifs is 1. The molecule has 0 saturated heterocycles. The summed E-state index contributed by atoms with van der Waals surface area (Å²) in [5.41, 5.74) is 0.328. The van der Waals surface area contributed by atoms with Crippen LogP contribution in [0, 0.1) is 12.7 Å². The number of thiophene rings is 1. The number of phenols is 1. The fourth-order valence-corrected chi connectivity index (χ4v) is 3.64. The summed E-state index contributed by atoms with van der Waals surface area (Å²) in [6.45, 7) is 1.42. The lowest BCUT2D eigenvalue weighted by Gasteiger charge is -2.07. The first-order valence-corrected chi connectivity index (χ1v) is 8.44. The van der Waals surface area contributed by atoms with Gasteiger partial charge in [0.1, 0.15) is 0 Å². The van der Waals surface area contributed by atoms with Crippen LogP contribution < -0.4 is 4.74 Å². The molecular weight excluding hydrogens is 406 g/mol. The number of alkyl halides is 3. The minimum absolute atomic E-state index is 0.0132. The number of carboxylic acids is 1. The number of carbonyl (C=O) groups excluding carboxylic acids is 1. The first kappa shape index (κ1) is 19.7. The third kappa shape index (κ3) is 3.65. The topological polar surface area (TPSA) is 88.8 Å². The SMILES string of the molecule is Cc1c(CC(=O)O)c2cc(O)c(F)cc2n1C(=O)c1ccc(OC(F)(F)F)s1. The Kier molecular flexibility index (Phi) is 4.79. The minimum atomic E-state index is -4.92. The monoisotopic (exact) mass is 417 g/mol. The number of hydrogen-bond donors (Lipinski definition) is 2. The zero-order valence-corrected chi connectivity index (χ0v) is 14.8. The Labute approximate surface area is 158 Å². The number of aliphatic carboxylic acids is 1. The summed E-state index contributed by atoms with van der Waals surface area (Å²) in [5, 5.41) is 18.3. The van der Waals surface area contributed by atoms with Crippen LogP contribution in [0.25, 0.3) is 10.9 Å². The van der Waals surface area contributed by atoms with Gasteiger partial charge in [0.2, 0.25) is 0 Å². The molecular formula is C17H11F4NO5S. The highest BCUT2D eigenvalue weighted by Gasteiger charge is 2.32. The zero-order chi connectivity index (χ0) is 20.8. The average molecular weight is 417 g/mol. The van der Waals surface area contributed by atoms with Crippen molar-refractivity contribution in [2.75, 3.05) is 0 Å². The minimum Gasteiger partial charge on any atom is -0.505 e. The van der Waals surface area contributed by atoms with Gasteiger partial charge in [-0.25, -0.2) is 4.39 Å². The predicted molar refractivity (Wildman–Crippen MR) is 90.4 cm³/mol. The predicted octanol–water partition coefficient (Wildman–Crippen LogP) is 4.07. The molecule has 0 atom stereocenters. The molecule has 0 fully saturated rings. The van der Waals surface area contributed by atoms with Crippen molar-refractivity contribution in [3.63, 3.8) is 0 Å². The number of rotatable bonds is 4. The Hall–Kier alpha value is -3.08. The van der Waals surface area contributed by atoms with Crippen LogP contribution in [0.3, 0.4) is 0 Å². The van der Waals surface area contributed by atoms with E-state index >= 15 is 0 Å². The summed E-state index contributed by atoms with van der Waals surface area (Å²) in [5.74, 6) is -3.75. The standard InChI is InChI=1S/C17H11F4NO5S/c1-7-8(5-14(24)25)9-4-12(23)10(18)6-11(9)22(7)16(26)13-2-3-15(28-13)27-17(19,20)21/h2-4,6,23H,5H2,1H3,(H,24,25). The van der Waals surface area contributed by atoms with E-state index in [-0.39, 0.29) is 27.0 Å². The second kappa shape index (κ2) is 6.82. The second-order valence-electron chi connectivity index (χ2n) is 5.76. The molecule has 1 aromatic carbocycles. The number of halogens is 4. The highest BCUT2D eigenvalue weighted by molar-refractivity contribution is 7.15. The molecule has 0 aliphatic rings. The Bertz CT molecular complexity index is 1100. The highest BCUT2D eigenvalue weighted by atomic mass is 32.1. The largest absolute Gasteiger partial charge is 0.573 e. The molecule has 0 aliphatic carbocycles. The molecule has 0 spiro atoms. The van der Waals surface area contributed by atoms with E-state index in [1.54, 1.807) is 0 Å². The van der Waals surface area contributed by atoms with Gasteiger partial charge in [0.25, 0.3) is 5.91 Å². The van der Waals surface area contributed by atoms with E-state index in [9.17, 15) is 32.3 Å².